The van der Waals surface area contributed by atoms with E-state index in [-0.39, 0.29) is 17.4 Å². The Labute approximate surface area is 155 Å². The van der Waals surface area contributed by atoms with Crippen molar-refractivity contribution in [1.29, 1.82) is 0 Å². The molecule has 0 aliphatic carbocycles. The highest BCUT2D eigenvalue weighted by atomic mass is 35.5. The Bertz CT molecular complexity index is 971. The summed E-state index contributed by atoms with van der Waals surface area (Å²) in [6, 6.07) is 9.26. The van der Waals surface area contributed by atoms with Gasteiger partial charge in [-0.2, -0.15) is 0 Å². The minimum atomic E-state index is -0.337. The van der Waals surface area contributed by atoms with Crippen LogP contribution in [0.15, 0.2) is 46.9 Å². The fraction of sp³-hybridized carbons (Fsp3) is 0.158. The maximum atomic E-state index is 13.2. The number of imidazole rings is 1. The molecule has 0 saturated heterocycles. The molecule has 0 aliphatic heterocycles. The van der Waals surface area contributed by atoms with Gasteiger partial charge in [0.15, 0.2) is 5.76 Å². The molecule has 26 heavy (non-hydrogen) atoms. The zero-order chi connectivity index (χ0) is 18.8. The fourth-order valence-electron chi connectivity index (χ4n) is 2.43. The molecule has 0 N–H and O–H groups in total. The second kappa shape index (κ2) is 7.17. The Morgan fingerprint density at radius 2 is 1.92 bits per heavy atom. The van der Waals surface area contributed by atoms with E-state index in [9.17, 15) is 9.18 Å². The number of allylic oxidation sites excluding steroid dienone is 1. The monoisotopic (exact) mass is 373 g/mol. The minimum Gasteiger partial charge on any atom is -0.458 e. The summed E-state index contributed by atoms with van der Waals surface area (Å²) in [7, 11) is 3.64. The van der Waals surface area contributed by atoms with Crippen LogP contribution < -0.4 is 4.90 Å². The van der Waals surface area contributed by atoms with Gasteiger partial charge >= 0.3 is 0 Å². The average Bonchev–Trinajstić information content (AvgIpc) is 3.17. The summed E-state index contributed by atoms with van der Waals surface area (Å²) in [6.45, 7) is 1.77. The lowest BCUT2D eigenvalue weighted by Crippen LogP contribution is -2.14. The van der Waals surface area contributed by atoms with Crippen molar-refractivity contribution < 1.29 is 13.6 Å². The Morgan fingerprint density at radius 1 is 1.23 bits per heavy atom. The molecule has 0 fully saturated rings. The lowest BCUT2D eigenvalue weighted by molar-refractivity contribution is 0.102. The number of furan rings is 1. The summed E-state index contributed by atoms with van der Waals surface area (Å²) in [5.74, 6) is 0.853. The van der Waals surface area contributed by atoms with Crippen LogP contribution in [-0.4, -0.2) is 29.4 Å². The van der Waals surface area contributed by atoms with E-state index in [1.54, 1.807) is 40.7 Å². The summed E-state index contributed by atoms with van der Waals surface area (Å²) in [4.78, 5) is 18.4. The van der Waals surface area contributed by atoms with E-state index >= 15 is 0 Å². The lowest BCUT2D eigenvalue weighted by Gasteiger charge is -2.14. The predicted molar refractivity (Wildman–Crippen MR) is 99.7 cm³/mol. The molecular formula is C19H17ClFN3O2. The Hall–Kier alpha value is -2.86. The number of benzene rings is 1. The van der Waals surface area contributed by atoms with Gasteiger partial charge in [-0.25, -0.2) is 9.37 Å². The maximum absolute atomic E-state index is 13.2. The van der Waals surface area contributed by atoms with E-state index < -0.39 is 0 Å². The molecule has 0 aliphatic rings. The number of carbonyl (C=O) groups excluding carboxylic acids is 1. The van der Waals surface area contributed by atoms with E-state index in [1.165, 1.54) is 24.3 Å². The van der Waals surface area contributed by atoms with Crippen molar-refractivity contribution >= 4 is 29.4 Å². The average molecular weight is 374 g/mol. The van der Waals surface area contributed by atoms with Crippen LogP contribution >= 0.6 is 11.6 Å². The molecule has 5 nitrogen and oxygen atoms in total. The number of anilines is 1. The van der Waals surface area contributed by atoms with Crippen molar-refractivity contribution in [3.05, 3.63) is 70.7 Å². The third-order valence-electron chi connectivity index (χ3n) is 3.69. The number of rotatable bonds is 5. The molecule has 0 saturated carbocycles. The van der Waals surface area contributed by atoms with Gasteiger partial charge in [-0.1, -0.05) is 11.6 Å². The largest absolute Gasteiger partial charge is 0.458 e. The van der Waals surface area contributed by atoms with Crippen molar-refractivity contribution in [3.63, 3.8) is 0 Å². The molecule has 0 radical (unpaired) electrons. The molecular weight excluding hydrogens is 357 g/mol. The molecule has 2 heterocycles. The number of hydrogen-bond acceptors (Lipinski definition) is 4. The molecule has 0 atom stereocenters. The lowest BCUT2D eigenvalue weighted by atomic mass is 10.2. The van der Waals surface area contributed by atoms with Gasteiger partial charge in [0.1, 0.15) is 22.4 Å². The number of carbonyl (C=O) groups is 1. The molecule has 0 unspecified atom stereocenters. The van der Waals surface area contributed by atoms with E-state index in [4.69, 9.17) is 16.0 Å². The third kappa shape index (κ3) is 3.55. The second-order valence-corrected chi connectivity index (χ2v) is 6.26. The van der Waals surface area contributed by atoms with Crippen LogP contribution in [0.1, 0.15) is 22.0 Å². The summed E-state index contributed by atoms with van der Waals surface area (Å²) in [5, 5.41) is 0.319. The van der Waals surface area contributed by atoms with Crippen molar-refractivity contribution in [2.24, 2.45) is 0 Å². The highest BCUT2D eigenvalue weighted by molar-refractivity contribution is 6.31. The molecule has 0 bridgehead atoms. The first-order chi connectivity index (χ1) is 12.4. The smallest absolute Gasteiger partial charge is 0.221 e. The van der Waals surface area contributed by atoms with E-state index in [0.717, 1.165) is 0 Å². The topological polar surface area (TPSA) is 51.3 Å². The SMILES string of the molecule is Cc1ccc(C(=O)/C=C/c2nc(N(C)C)n(-c3ccc(F)cc3)c2Cl)o1. The van der Waals surface area contributed by atoms with Crippen molar-refractivity contribution in [3.8, 4) is 5.69 Å². The quantitative estimate of drug-likeness (QED) is 0.487. The standard InChI is InChI=1S/C19H17ClFN3O2/c1-12-4-11-17(26-12)16(25)10-9-15-18(20)24(19(22-15)23(2)3)14-7-5-13(21)6-8-14/h4-11H,1-3H3/b10-9+. The molecule has 2 aromatic heterocycles. The molecule has 3 aromatic rings. The summed E-state index contributed by atoms with van der Waals surface area (Å²) < 4.78 is 20.2. The third-order valence-corrected chi connectivity index (χ3v) is 4.05. The number of aromatic nitrogens is 2. The fourth-order valence-corrected chi connectivity index (χ4v) is 2.71. The van der Waals surface area contributed by atoms with E-state index in [2.05, 4.69) is 4.98 Å². The predicted octanol–water partition coefficient (Wildman–Crippen LogP) is 4.53. The Morgan fingerprint density at radius 3 is 2.50 bits per heavy atom. The van der Waals surface area contributed by atoms with Gasteiger partial charge in [0, 0.05) is 14.1 Å². The van der Waals surface area contributed by atoms with Crippen molar-refractivity contribution in [1.82, 2.24) is 9.55 Å². The summed E-state index contributed by atoms with van der Waals surface area (Å²) in [5.41, 5.74) is 1.09. The number of ketones is 1. The van der Waals surface area contributed by atoms with Crippen LogP contribution in [0, 0.1) is 12.7 Å². The number of aryl methyl sites for hydroxylation is 1. The van der Waals surface area contributed by atoms with Crippen molar-refractivity contribution in [2.45, 2.75) is 6.92 Å². The van der Waals surface area contributed by atoms with E-state index in [1.807, 2.05) is 14.1 Å². The molecule has 134 valence electrons. The van der Waals surface area contributed by atoms with Gasteiger partial charge < -0.3 is 9.32 Å². The highest BCUT2D eigenvalue weighted by Crippen LogP contribution is 2.29. The number of hydrogen-bond donors (Lipinski definition) is 0. The van der Waals surface area contributed by atoms with Crippen LogP contribution in [0.25, 0.3) is 11.8 Å². The van der Waals surface area contributed by atoms with Gasteiger partial charge in [0.05, 0.1) is 5.69 Å². The van der Waals surface area contributed by atoms with Crippen LogP contribution in [-0.2, 0) is 0 Å². The maximum Gasteiger partial charge on any atom is 0.221 e. The minimum absolute atomic E-state index is 0.251. The van der Waals surface area contributed by atoms with Crippen LogP contribution in [0.4, 0.5) is 10.3 Å². The number of halogens is 2. The summed E-state index contributed by atoms with van der Waals surface area (Å²) >= 11 is 6.48. The zero-order valence-corrected chi connectivity index (χ0v) is 15.3. The van der Waals surface area contributed by atoms with Crippen LogP contribution in [0.2, 0.25) is 5.15 Å². The first kappa shape index (κ1) is 17.9. The van der Waals surface area contributed by atoms with Gasteiger partial charge in [-0.15, -0.1) is 0 Å². The second-order valence-electron chi connectivity index (χ2n) is 5.90. The Kier molecular flexibility index (Phi) is 4.95. The first-order valence-corrected chi connectivity index (χ1v) is 8.25. The molecule has 1 aromatic carbocycles. The van der Waals surface area contributed by atoms with Crippen LogP contribution in [0.5, 0.6) is 0 Å². The van der Waals surface area contributed by atoms with Crippen molar-refractivity contribution in [2.75, 3.05) is 19.0 Å². The van der Waals surface area contributed by atoms with E-state index in [0.29, 0.717) is 28.2 Å². The first-order valence-electron chi connectivity index (χ1n) is 7.87. The van der Waals surface area contributed by atoms with Gasteiger partial charge in [-0.05, 0) is 55.5 Å². The molecule has 0 amide bonds. The van der Waals surface area contributed by atoms with Gasteiger partial charge in [0.25, 0.3) is 0 Å². The summed E-state index contributed by atoms with van der Waals surface area (Å²) in [6.07, 6.45) is 2.90. The normalized spacial score (nSPS) is 11.3. The highest BCUT2D eigenvalue weighted by Gasteiger charge is 2.17. The van der Waals surface area contributed by atoms with Crippen LogP contribution in [0.3, 0.4) is 0 Å². The zero-order valence-electron chi connectivity index (χ0n) is 14.5. The van der Waals surface area contributed by atoms with Gasteiger partial charge in [-0.3, -0.25) is 9.36 Å². The number of nitrogens with zero attached hydrogens (tertiary/aromatic N) is 3. The molecule has 0 spiro atoms. The molecule has 7 heteroatoms. The Balaban J connectivity index is 1.98. The van der Waals surface area contributed by atoms with Gasteiger partial charge in [0.2, 0.25) is 11.7 Å². The molecule has 3 rings (SSSR count).